The number of thioether (sulfide) groups is 1. The third kappa shape index (κ3) is 4.49. The van der Waals surface area contributed by atoms with Crippen molar-refractivity contribution in [1.29, 1.82) is 0 Å². The van der Waals surface area contributed by atoms with E-state index in [2.05, 4.69) is 4.99 Å². The van der Waals surface area contributed by atoms with Crippen LogP contribution in [0, 0.1) is 11.6 Å². The van der Waals surface area contributed by atoms with Gasteiger partial charge in [0.1, 0.15) is 11.6 Å². The standard InChI is InChI=1S/C17H15F2NOS/c1-2-22-17(20-13-6-4-3-5-7-13)11-16(21)14-9-8-12(18)10-15(14)19/h3-10H,2,11H2,1H3. The molecule has 0 atom stereocenters. The van der Waals surface area contributed by atoms with Crippen molar-refractivity contribution < 1.29 is 13.6 Å². The minimum Gasteiger partial charge on any atom is -0.294 e. The molecule has 0 heterocycles. The Morgan fingerprint density at radius 1 is 1.14 bits per heavy atom. The molecule has 5 heteroatoms. The zero-order valence-corrected chi connectivity index (χ0v) is 12.9. The molecule has 0 fully saturated rings. The van der Waals surface area contributed by atoms with Crippen LogP contribution in [0.15, 0.2) is 53.5 Å². The van der Waals surface area contributed by atoms with E-state index in [1.807, 2.05) is 37.3 Å². The fourth-order valence-corrected chi connectivity index (χ4v) is 2.62. The Kier molecular flexibility index (Phi) is 5.83. The molecule has 2 rings (SSSR count). The van der Waals surface area contributed by atoms with Gasteiger partial charge in [-0.3, -0.25) is 4.79 Å². The number of hydrogen-bond acceptors (Lipinski definition) is 3. The molecule has 0 aromatic heterocycles. The highest BCUT2D eigenvalue weighted by Gasteiger charge is 2.15. The van der Waals surface area contributed by atoms with Crippen LogP contribution in [-0.4, -0.2) is 16.6 Å². The van der Waals surface area contributed by atoms with Crippen molar-refractivity contribution in [2.45, 2.75) is 13.3 Å². The summed E-state index contributed by atoms with van der Waals surface area (Å²) in [4.78, 5) is 16.6. The van der Waals surface area contributed by atoms with Gasteiger partial charge in [0.05, 0.1) is 22.7 Å². The van der Waals surface area contributed by atoms with Crippen LogP contribution in [0.25, 0.3) is 0 Å². The molecule has 0 spiro atoms. The van der Waals surface area contributed by atoms with E-state index in [0.29, 0.717) is 11.1 Å². The van der Waals surface area contributed by atoms with E-state index in [0.717, 1.165) is 17.5 Å². The quantitative estimate of drug-likeness (QED) is 0.440. The summed E-state index contributed by atoms with van der Waals surface area (Å²) < 4.78 is 26.6. The first kappa shape index (κ1) is 16.4. The average Bonchev–Trinajstić information content (AvgIpc) is 2.48. The minimum atomic E-state index is -0.842. The molecule has 0 aliphatic rings. The van der Waals surface area contributed by atoms with Crippen molar-refractivity contribution in [3.8, 4) is 0 Å². The van der Waals surface area contributed by atoms with Crippen LogP contribution in [0.2, 0.25) is 0 Å². The van der Waals surface area contributed by atoms with Crippen LogP contribution < -0.4 is 0 Å². The van der Waals surface area contributed by atoms with Crippen LogP contribution >= 0.6 is 11.8 Å². The van der Waals surface area contributed by atoms with Gasteiger partial charge >= 0.3 is 0 Å². The van der Waals surface area contributed by atoms with E-state index in [9.17, 15) is 13.6 Å². The second-order valence-corrected chi connectivity index (χ2v) is 5.84. The zero-order chi connectivity index (χ0) is 15.9. The third-order valence-corrected chi connectivity index (χ3v) is 3.72. The molecule has 0 N–H and O–H groups in total. The number of benzene rings is 2. The molecule has 0 saturated heterocycles. The molecule has 2 aromatic carbocycles. The second kappa shape index (κ2) is 7.84. The largest absolute Gasteiger partial charge is 0.294 e. The Bertz CT molecular complexity index is 686. The Morgan fingerprint density at radius 3 is 2.50 bits per heavy atom. The highest BCUT2D eigenvalue weighted by Crippen LogP contribution is 2.19. The van der Waals surface area contributed by atoms with Crippen molar-refractivity contribution in [3.63, 3.8) is 0 Å². The predicted molar refractivity (Wildman–Crippen MR) is 87.0 cm³/mol. The monoisotopic (exact) mass is 319 g/mol. The van der Waals surface area contributed by atoms with E-state index in [1.165, 1.54) is 17.8 Å². The number of carbonyl (C=O) groups is 1. The first-order chi connectivity index (χ1) is 10.6. The smallest absolute Gasteiger partial charge is 0.172 e. The van der Waals surface area contributed by atoms with Gasteiger partial charge in [-0.25, -0.2) is 13.8 Å². The molecule has 2 aromatic rings. The number of ketones is 1. The highest BCUT2D eigenvalue weighted by molar-refractivity contribution is 8.14. The highest BCUT2D eigenvalue weighted by atomic mass is 32.2. The van der Waals surface area contributed by atoms with Crippen molar-refractivity contribution in [3.05, 3.63) is 65.7 Å². The molecule has 22 heavy (non-hydrogen) atoms. The topological polar surface area (TPSA) is 29.4 Å². The Morgan fingerprint density at radius 2 is 1.86 bits per heavy atom. The van der Waals surface area contributed by atoms with Crippen LogP contribution in [0.5, 0.6) is 0 Å². The summed E-state index contributed by atoms with van der Waals surface area (Å²) in [6, 6.07) is 12.2. The van der Waals surface area contributed by atoms with Crippen molar-refractivity contribution in [1.82, 2.24) is 0 Å². The minimum absolute atomic E-state index is 0.00401. The van der Waals surface area contributed by atoms with Gasteiger partial charge in [-0.1, -0.05) is 25.1 Å². The molecule has 2 nitrogen and oxygen atoms in total. The maximum absolute atomic E-state index is 13.7. The molecule has 0 aliphatic carbocycles. The lowest BCUT2D eigenvalue weighted by atomic mass is 10.1. The van der Waals surface area contributed by atoms with Gasteiger partial charge in [0.15, 0.2) is 5.78 Å². The third-order valence-electron chi connectivity index (χ3n) is 2.86. The Balaban J connectivity index is 2.20. The van der Waals surface area contributed by atoms with Crippen LogP contribution in [0.1, 0.15) is 23.7 Å². The fourth-order valence-electron chi connectivity index (χ4n) is 1.88. The van der Waals surface area contributed by atoms with Crippen LogP contribution in [0.4, 0.5) is 14.5 Å². The lowest BCUT2D eigenvalue weighted by Crippen LogP contribution is -2.08. The number of rotatable bonds is 5. The number of aliphatic imine (C=N–C) groups is 1. The molecule has 114 valence electrons. The summed E-state index contributed by atoms with van der Waals surface area (Å²) in [6.45, 7) is 1.95. The second-order valence-electron chi connectivity index (χ2n) is 4.50. The molecular formula is C17H15F2NOS. The van der Waals surface area contributed by atoms with E-state index in [-0.39, 0.29) is 12.0 Å². The van der Waals surface area contributed by atoms with Gasteiger partial charge < -0.3 is 0 Å². The van der Waals surface area contributed by atoms with Gasteiger partial charge in [0, 0.05) is 6.07 Å². The first-order valence-corrected chi connectivity index (χ1v) is 7.82. The average molecular weight is 319 g/mol. The summed E-state index contributed by atoms with van der Waals surface area (Å²) in [5.74, 6) is -1.20. The molecule has 0 radical (unpaired) electrons. The van der Waals surface area contributed by atoms with Gasteiger partial charge in [-0.15, -0.1) is 11.8 Å². The van der Waals surface area contributed by atoms with Crippen molar-refractivity contribution in [2.75, 3.05) is 5.75 Å². The van der Waals surface area contributed by atoms with Crippen molar-refractivity contribution >= 4 is 28.3 Å². The van der Waals surface area contributed by atoms with E-state index >= 15 is 0 Å². The molecule has 0 amide bonds. The normalized spacial score (nSPS) is 11.5. The number of hydrogen-bond donors (Lipinski definition) is 0. The van der Waals surface area contributed by atoms with Crippen molar-refractivity contribution in [2.24, 2.45) is 4.99 Å². The maximum atomic E-state index is 13.7. The molecule has 0 aliphatic heterocycles. The zero-order valence-electron chi connectivity index (χ0n) is 12.1. The van der Waals surface area contributed by atoms with Crippen LogP contribution in [-0.2, 0) is 0 Å². The first-order valence-electron chi connectivity index (χ1n) is 6.84. The SMILES string of the molecule is CCSC(CC(=O)c1ccc(F)cc1F)=Nc1ccccc1. The predicted octanol–water partition coefficient (Wildman–Crippen LogP) is 5.02. The van der Waals surface area contributed by atoms with Gasteiger partial charge in [0.2, 0.25) is 0 Å². The Labute approximate surface area is 132 Å². The lowest BCUT2D eigenvalue weighted by molar-refractivity contribution is 0.0997. The summed E-state index contributed by atoms with van der Waals surface area (Å²) in [6.07, 6.45) is -0.00401. The van der Waals surface area contributed by atoms with E-state index in [1.54, 1.807) is 0 Å². The van der Waals surface area contributed by atoms with E-state index < -0.39 is 17.4 Å². The maximum Gasteiger partial charge on any atom is 0.172 e. The number of Topliss-reactive ketones (excluding diaryl/α,β-unsaturated/α-hetero) is 1. The summed E-state index contributed by atoms with van der Waals surface area (Å²) >= 11 is 1.44. The Hall–Kier alpha value is -2.01. The number of para-hydroxylation sites is 1. The summed E-state index contributed by atoms with van der Waals surface area (Å²) in [7, 11) is 0. The number of halogens is 2. The molecular weight excluding hydrogens is 304 g/mol. The van der Waals surface area contributed by atoms with Gasteiger partial charge in [0.25, 0.3) is 0 Å². The van der Waals surface area contributed by atoms with E-state index in [4.69, 9.17) is 0 Å². The summed E-state index contributed by atoms with van der Waals surface area (Å²) in [5.41, 5.74) is 0.629. The summed E-state index contributed by atoms with van der Waals surface area (Å²) in [5, 5.41) is 0.613. The lowest BCUT2D eigenvalue weighted by Gasteiger charge is -2.06. The number of carbonyl (C=O) groups excluding carboxylic acids is 1. The fraction of sp³-hybridized carbons (Fsp3) is 0.176. The molecule has 0 unspecified atom stereocenters. The van der Waals surface area contributed by atoms with Gasteiger partial charge in [-0.05, 0) is 30.0 Å². The van der Waals surface area contributed by atoms with Gasteiger partial charge in [-0.2, -0.15) is 0 Å². The number of nitrogens with zero attached hydrogens (tertiary/aromatic N) is 1. The van der Waals surface area contributed by atoms with Crippen LogP contribution in [0.3, 0.4) is 0 Å². The molecule has 0 bridgehead atoms. The molecule has 0 saturated carbocycles.